The Kier molecular flexibility index (Phi) is 11.1. The zero-order valence-electron chi connectivity index (χ0n) is 37.3. The molecule has 0 fully saturated rings. The first kappa shape index (κ1) is 41.6. The SMILES string of the molecule is Nc1ccc(-c2ccc(-c3ccc(C4=C(c5ccc(-c6ccccc6)cc5)C(c5ccc(-c6ccccc6)cc5)=C(c5ccc(-c6ccc(-c7ccc(N)cc7)cc6)cc5)C4=O)cc3)cc2)cc1. The molecule has 0 aromatic heterocycles. The summed E-state index contributed by atoms with van der Waals surface area (Å²) in [7, 11) is 0. The first-order valence-corrected chi connectivity index (χ1v) is 22.9. The summed E-state index contributed by atoms with van der Waals surface area (Å²) in [4.78, 5) is 15.6. The van der Waals surface area contributed by atoms with Crippen molar-refractivity contribution in [3.8, 4) is 66.8 Å². The summed E-state index contributed by atoms with van der Waals surface area (Å²) in [5, 5.41) is 0. The van der Waals surface area contributed by atoms with Gasteiger partial charge in [0.05, 0.1) is 0 Å². The number of ketones is 1. The predicted octanol–water partition coefficient (Wildman–Crippen LogP) is 16.0. The van der Waals surface area contributed by atoms with Crippen LogP contribution in [-0.2, 0) is 4.79 Å². The Balaban J connectivity index is 1.02. The normalized spacial score (nSPS) is 12.4. The molecule has 0 bridgehead atoms. The highest BCUT2D eigenvalue weighted by molar-refractivity contribution is 6.59. The van der Waals surface area contributed by atoms with E-state index in [0.29, 0.717) is 11.1 Å². The number of hydrogen-bond acceptors (Lipinski definition) is 3. The Bertz CT molecular complexity index is 3220. The Morgan fingerprint density at radius 2 is 0.338 bits per heavy atom. The van der Waals surface area contributed by atoms with Gasteiger partial charge in [0.25, 0.3) is 0 Å². The number of carbonyl (C=O) groups is 1. The summed E-state index contributed by atoms with van der Waals surface area (Å²) >= 11 is 0. The van der Waals surface area contributed by atoms with Crippen LogP contribution in [0.4, 0.5) is 11.4 Å². The zero-order chi connectivity index (χ0) is 46.0. The van der Waals surface area contributed by atoms with E-state index in [9.17, 15) is 0 Å². The van der Waals surface area contributed by atoms with E-state index in [1.54, 1.807) is 0 Å². The van der Waals surface area contributed by atoms with Crippen LogP contribution >= 0.6 is 0 Å². The maximum absolute atomic E-state index is 15.6. The predicted molar refractivity (Wildman–Crippen MR) is 286 cm³/mol. The van der Waals surface area contributed by atoms with Gasteiger partial charge in [-0.2, -0.15) is 0 Å². The van der Waals surface area contributed by atoms with Crippen molar-refractivity contribution in [1.29, 1.82) is 0 Å². The molecule has 11 rings (SSSR count). The summed E-state index contributed by atoms with van der Waals surface area (Å²) in [6.45, 7) is 0. The third kappa shape index (κ3) is 8.26. The fourth-order valence-electron chi connectivity index (χ4n) is 9.37. The Labute approximate surface area is 397 Å². The fourth-order valence-corrected chi connectivity index (χ4v) is 9.37. The summed E-state index contributed by atoms with van der Waals surface area (Å²) < 4.78 is 0. The second-order valence-corrected chi connectivity index (χ2v) is 17.3. The van der Waals surface area contributed by atoms with Crippen molar-refractivity contribution in [1.82, 2.24) is 0 Å². The number of benzene rings is 10. The van der Waals surface area contributed by atoms with E-state index in [-0.39, 0.29) is 5.78 Å². The zero-order valence-corrected chi connectivity index (χ0v) is 37.3. The largest absolute Gasteiger partial charge is 0.399 e. The molecular weight excluding hydrogens is 825 g/mol. The van der Waals surface area contributed by atoms with E-state index in [1.165, 1.54) is 0 Å². The lowest BCUT2D eigenvalue weighted by atomic mass is 9.87. The Morgan fingerprint density at radius 3 is 0.559 bits per heavy atom. The van der Waals surface area contributed by atoms with Gasteiger partial charge in [0, 0.05) is 33.7 Å². The highest BCUT2D eigenvalue weighted by Crippen LogP contribution is 2.50. The van der Waals surface area contributed by atoms with E-state index in [0.717, 1.165) is 112 Å². The molecule has 322 valence electrons. The molecule has 0 saturated heterocycles. The number of carbonyl (C=O) groups excluding carboxylic acids is 1. The van der Waals surface area contributed by atoms with Crippen molar-refractivity contribution in [2.45, 2.75) is 0 Å². The lowest BCUT2D eigenvalue weighted by molar-refractivity contribution is -0.108. The standard InChI is InChI=1S/C65H46N2O/c66-59-39-35-53(36-40-59)49-15-11-47(12-16-49)51-23-31-57(32-24-51)63-61(55-27-19-45(20-28-55)43-7-3-1-4-8-43)62(56-29-21-46(22-30-56)44-9-5-2-6-10-44)64(65(63)68)58-33-25-52(26-34-58)48-13-17-50(18-14-48)54-37-41-60(67)42-38-54/h1-42H,66-67H2. The highest BCUT2D eigenvalue weighted by atomic mass is 16.1. The van der Waals surface area contributed by atoms with Crippen molar-refractivity contribution in [3.05, 3.63) is 277 Å². The minimum Gasteiger partial charge on any atom is -0.399 e. The minimum atomic E-state index is -0.00419. The van der Waals surface area contributed by atoms with Gasteiger partial charge < -0.3 is 11.5 Å². The second kappa shape index (κ2) is 18.1. The first-order valence-electron chi connectivity index (χ1n) is 22.9. The molecule has 3 heteroatoms. The minimum absolute atomic E-state index is 0.00419. The first-order chi connectivity index (χ1) is 33.4. The van der Waals surface area contributed by atoms with Gasteiger partial charge in [-0.1, -0.05) is 231 Å². The summed E-state index contributed by atoms with van der Waals surface area (Å²) in [5.74, 6) is -0.00419. The van der Waals surface area contributed by atoms with E-state index >= 15 is 4.79 Å². The number of nitrogens with two attached hydrogens (primary N) is 2. The monoisotopic (exact) mass is 870 g/mol. The van der Waals surface area contributed by atoms with E-state index in [2.05, 4.69) is 194 Å². The number of anilines is 2. The molecule has 0 heterocycles. The average Bonchev–Trinajstić information content (AvgIpc) is 3.72. The maximum Gasteiger partial charge on any atom is 0.195 e. The highest BCUT2D eigenvalue weighted by Gasteiger charge is 2.35. The van der Waals surface area contributed by atoms with E-state index in [4.69, 9.17) is 11.5 Å². The fraction of sp³-hybridized carbons (Fsp3) is 0. The summed E-state index contributed by atoms with van der Waals surface area (Å²) in [6.07, 6.45) is 0. The summed E-state index contributed by atoms with van der Waals surface area (Å²) in [5.41, 5.74) is 33.6. The molecule has 68 heavy (non-hydrogen) atoms. The molecule has 0 spiro atoms. The van der Waals surface area contributed by atoms with Crippen molar-refractivity contribution in [2.24, 2.45) is 0 Å². The molecule has 0 aliphatic heterocycles. The van der Waals surface area contributed by atoms with Gasteiger partial charge in [0.15, 0.2) is 5.78 Å². The number of allylic oxidation sites excluding steroid dienone is 4. The average molecular weight is 871 g/mol. The topological polar surface area (TPSA) is 69.1 Å². The van der Waals surface area contributed by atoms with Crippen LogP contribution in [0.25, 0.3) is 89.1 Å². The smallest absolute Gasteiger partial charge is 0.195 e. The van der Waals surface area contributed by atoms with Crippen LogP contribution in [0.5, 0.6) is 0 Å². The van der Waals surface area contributed by atoms with Crippen LogP contribution in [0.15, 0.2) is 255 Å². The van der Waals surface area contributed by atoms with Crippen LogP contribution in [0.1, 0.15) is 22.3 Å². The van der Waals surface area contributed by atoms with Crippen LogP contribution in [0, 0.1) is 0 Å². The van der Waals surface area contributed by atoms with Gasteiger partial charge in [0.1, 0.15) is 0 Å². The van der Waals surface area contributed by atoms with Crippen molar-refractivity contribution < 1.29 is 4.79 Å². The molecule has 0 amide bonds. The molecule has 0 saturated carbocycles. The summed E-state index contributed by atoms with van der Waals surface area (Å²) in [6, 6.07) is 88.1. The second-order valence-electron chi connectivity index (χ2n) is 17.3. The van der Waals surface area contributed by atoms with Gasteiger partial charge in [-0.15, -0.1) is 0 Å². The van der Waals surface area contributed by atoms with Crippen molar-refractivity contribution in [2.75, 3.05) is 11.5 Å². The van der Waals surface area contributed by atoms with Crippen LogP contribution in [0.3, 0.4) is 0 Å². The van der Waals surface area contributed by atoms with Crippen molar-refractivity contribution >= 4 is 39.5 Å². The van der Waals surface area contributed by atoms with Gasteiger partial charge in [0.2, 0.25) is 0 Å². The van der Waals surface area contributed by atoms with E-state index < -0.39 is 0 Å². The Hall–Kier alpha value is -9.05. The third-order valence-corrected chi connectivity index (χ3v) is 13.0. The molecule has 0 unspecified atom stereocenters. The van der Waals surface area contributed by atoms with E-state index in [1.807, 2.05) is 60.7 Å². The molecular formula is C65H46N2O. The third-order valence-electron chi connectivity index (χ3n) is 13.0. The molecule has 0 atom stereocenters. The molecule has 4 N–H and O–H groups in total. The van der Waals surface area contributed by atoms with Gasteiger partial charge in [-0.25, -0.2) is 0 Å². The quantitative estimate of drug-likeness (QED) is 0.135. The van der Waals surface area contributed by atoms with Crippen LogP contribution < -0.4 is 11.5 Å². The molecule has 1 aliphatic carbocycles. The number of Topliss-reactive ketones (excluding diaryl/α,β-unsaturated/α-hetero) is 1. The van der Waals surface area contributed by atoms with Gasteiger partial charge >= 0.3 is 0 Å². The van der Waals surface area contributed by atoms with Crippen molar-refractivity contribution in [3.63, 3.8) is 0 Å². The van der Waals surface area contributed by atoms with Crippen LogP contribution in [0.2, 0.25) is 0 Å². The van der Waals surface area contributed by atoms with Crippen LogP contribution in [-0.4, -0.2) is 5.78 Å². The lowest BCUT2D eigenvalue weighted by Crippen LogP contribution is -2.02. The molecule has 0 radical (unpaired) electrons. The van der Waals surface area contributed by atoms with Gasteiger partial charge in [-0.05, 0) is 113 Å². The molecule has 3 nitrogen and oxygen atoms in total. The van der Waals surface area contributed by atoms with Gasteiger partial charge in [-0.3, -0.25) is 4.79 Å². The Morgan fingerprint density at radius 1 is 0.176 bits per heavy atom. The molecule has 1 aliphatic rings. The molecule has 10 aromatic carbocycles. The molecule has 10 aromatic rings. The lowest BCUT2D eigenvalue weighted by Gasteiger charge is -2.15. The number of hydrogen-bond donors (Lipinski definition) is 2. The number of rotatable bonds is 10. The number of nitrogen functional groups attached to an aromatic ring is 2. The maximum atomic E-state index is 15.6.